The molecule has 8 heteroatoms. The van der Waals surface area contributed by atoms with Crippen LogP contribution in [0.1, 0.15) is 0 Å². The summed E-state index contributed by atoms with van der Waals surface area (Å²) in [7, 11) is 4.75. The first-order valence-corrected chi connectivity index (χ1v) is 8.89. The van der Waals surface area contributed by atoms with Gasteiger partial charge in [0.2, 0.25) is 5.91 Å². The van der Waals surface area contributed by atoms with Gasteiger partial charge in [-0.2, -0.15) is 5.10 Å². The number of hydrogen-bond acceptors (Lipinski definition) is 6. The highest BCUT2D eigenvalue weighted by Crippen LogP contribution is 2.32. The fourth-order valence-corrected chi connectivity index (χ4v) is 3.28. The van der Waals surface area contributed by atoms with Crippen LogP contribution in [0.15, 0.2) is 57.9 Å². The van der Waals surface area contributed by atoms with E-state index in [0.717, 1.165) is 5.39 Å². The highest BCUT2D eigenvalue weighted by atomic mass is 16.5. The van der Waals surface area contributed by atoms with Crippen molar-refractivity contribution in [2.75, 3.05) is 26.2 Å². The zero-order chi connectivity index (χ0) is 20.5. The Morgan fingerprint density at radius 3 is 2.69 bits per heavy atom. The lowest BCUT2D eigenvalue weighted by atomic mass is 10.2. The van der Waals surface area contributed by atoms with Gasteiger partial charge in [-0.3, -0.25) is 9.48 Å². The Bertz CT molecular complexity index is 1270. The van der Waals surface area contributed by atoms with Gasteiger partial charge < -0.3 is 18.8 Å². The number of likely N-dealkylation sites (N-methyl/N-ethyl adjacent to an activating group) is 1. The quantitative estimate of drug-likeness (QED) is 0.485. The zero-order valence-electron chi connectivity index (χ0n) is 16.2. The molecule has 1 amide bonds. The number of ether oxygens (including phenoxy) is 2. The van der Waals surface area contributed by atoms with Crippen molar-refractivity contribution >= 4 is 33.5 Å². The number of nitrogens with zero attached hydrogens (tertiary/aromatic N) is 3. The van der Waals surface area contributed by atoms with Crippen LogP contribution in [-0.4, -0.2) is 37.0 Å². The zero-order valence-corrected chi connectivity index (χ0v) is 16.2. The molecule has 0 aliphatic rings. The molecule has 0 radical (unpaired) electrons. The van der Waals surface area contributed by atoms with Gasteiger partial charge in [0.25, 0.3) is 0 Å². The first-order chi connectivity index (χ1) is 14.0. The van der Waals surface area contributed by atoms with Gasteiger partial charge in [-0.05, 0) is 24.3 Å². The first-order valence-electron chi connectivity index (χ1n) is 8.89. The van der Waals surface area contributed by atoms with E-state index in [1.807, 2.05) is 12.1 Å². The lowest BCUT2D eigenvalue weighted by Crippen LogP contribution is -2.30. The van der Waals surface area contributed by atoms with E-state index in [9.17, 15) is 9.59 Å². The van der Waals surface area contributed by atoms with Gasteiger partial charge in [-0.25, -0.2) is 4.79 Å². The predicted molar refractivity (Wildman–Crippen MR) is 109 cm³/mol. The summed E-state index contributed by atoms with van der Waals surface area (Å²) in [6.07, 6.45) is 1.43. The second-order valence-corrected chi connectivity index (χ2v) is 6.44. The Hall–Kier alpha value is -3.81. The van der Waals surface area contributed by atoms with Gasteiger partial charge in [-0.15, -0.1) is 0 Å². The Morgan fingerprint density at radius 1 is 1.14 bits per heavy atom. The van der Waals surface area contributed by atoms with Crippen LogP contribution >= 0.6 is 0 Å². The normalized spacial score (nSPS) is 11.0. The number of anilines is 1. The number of amides is 1. The molecule has 29 heavy (non-hydrogen) atoms. The van der Waals surface area contributed by atoms with Gasteiger partial charge in [0.1, 0.15) is 29.0 Å². The maximum absolute atomic E-state index is 13.0. The lowest BCUT2D eigenvalue weighted by Gasteiger charge is -2.20. The molecule has 0 bridgehead atoms. The maximum atomic E-state index is 13.0. The van der Waals surface area contributed by atoms with E-state index < -0.39 is 5.63 Å². The highest BCUT2D eigenvalue weighted by Gasteiger charge is 2.19. The Kier molecular flexibility index (Phi) is 4.67. The average molecular weight is 393 g/mol. The number of para-hydroxylation sites is 1. The third kappa shape index (κ3) is 3.18. The van der Waals surface area contributed by atoms with Crippen LogP contribution < -0.4 is 20.0 Å². The number of carbonyl (C=O) groups is 1. The Morgan fingerprint density at radius 2 is 1.93 bits per heavy atom. The molecule has 148 valence electrons. The monoisotopic (exact) mass is 393 g/mol. The molecule has 4 aromatic rings. The van der Waals surface area contributed by atoms with Crippen molar-refractivity contribution in [3.63, 3.8) is 0 Å². The van der Waals surface area contributed by atoms with Crippen LogP contribution in [0.5, 0.6) is 11.5 Å². The summed E-state index contributed by atoms with van der Waals surface area (Å²) in [4.78, 5) is 26.7. The number of benzene rings is 2. The van der Waals surface area contributed by atoms with Crippen LogP contribution in [0.25, 0.3) is 21.9 Å². The van der Waals surface area contributed by atoms with Gasteiger partial charge in [-0.1, -0.05) is 12.1 Å². The largest absolute Gasteiger partial charge is 0.497 e. The van der Waals surface area contributed by atoms with E-state index in [-0.39, 0.29) is 12.5 Å². The number of methoxy groups -OCH3 is 2. The third-order valence-corrected chi connectivity index (χ3v) is 4.81. The minimum atomic E-state index is -0.484. The van der Waals surface area contributed by atoms with Crippen molar-refractivity contribution < 1.29 is 18.7 Å². The topological polar surface area (TPSA) is 86.8 Å². The predicted octanol–water partition coefficient (Wildman–Crippen LogP) is 2.82. The second kappa shape index (κ2) is 7.31. The van der Waals surface area contributed by atoms with E-state index in [4.69, 9.17) is 13.9 Å². The molecular weight excluding hydrogens is 374 g/mol. The van der Waals surface area contributed by atoms with Gasteiger partial charge >= 0.3 is 5.63 Å². The number of rotatable bonds is 5. The van der Waals surface area contributed by atoms with Crippen molar-refractivity contribution in [2.24, 2.45) is 0 Å². The smallest absolute Gasteiger partial charge is 0.347 e. The summed E-state index contributed by atoms with van der Waals surface area (Å²) in [6, 6.07) is 12.4. The van der Waals surface area contributed by atoms with Crippen molar-refractivity contribution in [1.82, 2.24) is 9.78 Å². The highest BCUT2D eigenvalue weighted by molar-refractivity contribution is 6.03. The number of aromatic nitrogens is 2. The SMILES string of the molecule is COc1ccc(N(C)C(=O)Cn2ncc3c(=O)oc4ccccc4c32)c(OC)c1. The molecule has 0 saturated carbocycles. The molecule has 8 nitrogen and oxygen atoms in total. The molecule has 0 unspecified atom stereocenters. The summed E-state index contributed by atoms with van der Waals surface area (Å²) in [6.45, 7) is -0.0529. The molecular formula is C21H19N3O5. The minimum absolute atomic E-state index is 0.0529. The van der Waals surface area contributed by atoms with Crippen LogP contribution in [-0.2, 0) is 11.3 Å². The van der Waals surface area contributed by atoms with Crippen LogP contribution in [0.4, 0.5) is 5.69 Å². The standard InChI is InChI=1S/C21H19N3O5/c1-23(16-9-8-13(27-2)10-18(16)28-3)19(25)12-24-20-14-6-4-5-7-17(14)29-21(26)15(20)11-22-24/h4-11H,12H2,1-3H3. The average Bonchev–Trinajstić information content (AvgIpc) is 3.17. The lowest BCUT2D eigenvalue weighted by molar-refractivity contribution is -0.119. The van der Waals surface area contributed by atoms with E-state index in [1.54, 1.807) is 44.5 Å². The Balaban J connectivity index is 1.72. The van der Waals surface area contributed by atoms with Gasteiger partial charge in [0.05, 0.1) is 31.6 Å². The van der Waals surface area contributed by atoms with Crippen molar-refractivity contribution in [3.05, 3.63) is 59.1 Å². The Labute approximate surface area is 165 Å². The van der Waals surface area contributed by atoms with Crippen molar-refractivity contribution in [1.29, 1.82) is 0 Å². The minimum Gasteiger partial charge on any atom is -0.497 e. The molecule has 0 aliphatic carbocycles. The molecule has 4 rings (SSSR count). The number of hydrogen-bond donors (Lipinski definition) is 0. The van der Waals surface area contributed by atoms with Gasteiger partial charge in [0.15, 0.2) is 0 Å². The summed E-state index contributed by atoms with van der Waals surface area (Å²) in [5.41, 5.74) is 1.13. The molecule has 0 N–H and O–H groups in total. The number of carbonyl (C=O) groups excluding carboxylic acids is 1. The van der Waals surface area contributed by atoms with Crippen LogP contribution in [0, 0.1) is 0 Å². The molecule has 0 atom stereocenters. The molecule has 2 aromatic heterocycles. The summed E-state index contributed by atoms with van der Waals surface area (Å²) in [5.74, 6) is 0.912. The molecule has 0 aliphatic heterocycles. The van der Waals surface area contributed by atoms with E-state index >= 15 is 0 Å². The second-order valence-electron chi connectivity index (χ2n) is 6.44. The molecule has 0 saturated heterocycles. The van der Waals surface area contributed by atoms with E-state index in [2.05, 4.69) is 5.10 Å². The maximum Gasteiger partial charge on any atom is 0.347 e. The van der Waals surface area contributed by atoms with E-state index in [1.165, 1.54) is 22.9 Å². The fourth-order valence-electron chi connectivity index (χ4n) is 3.28. The third-order valence-electron chi connectivity index (χ3n) is 4.81. The summed E-state index contributed by atoms with van der Waals surface area (Å²) < 4.78 is 17.4. The first kappa shape index (κ1) is 18.5. The fraction of sp³-hybridized carbons (Fsp3) is 0.190. The molecule has 2 heterocycles. The number of fused-ring (bicyclic) bond motifs is 3. The molecule has 0 spiro atoms. The van der Waals surface area contributed by atoms with E-state index in [0.29, 0.717) is 33.7 Å². The summed E-state index contributed by atoms with van der Waals surface area (Å²) in [5, 5.41) is 5.30. The van der Waals surface area contributed by atoms with Crippen molar-refractivity contribution in [2.45, 2.75) is 6.54 Å². The van der Waals surface area contributed by atoms with Crippen LogP contribution in [0.2, 0.25) is 0 Å². The molecule has 0 fully saturated rings. The molecule has 2 aromatic carbocycles. The van der Waals surface area contributed by atoms with Crippen LogP contribution in [0.3, 0.4) is 0 Å². The van der Waals surface area contributed by atoms with Crippen molar-refractivity contribution in [3.8, 4) is 11.5 Å². The van der Waals surface area contributed by atoms with Gasteiger partial charge in [0, 0.05) is 18.5 Å². The summed E-state index contributed by atoms with van der Waals surface area (Å²) >= 11 is 0.